The lowest BCUT2D eigenvalue weighted by Crippen LogP contribution is -2.13. The molecule has 2 aromatic rings. The molecule has 1 heterocycles. The molecule has 1 aromatic carbocycles. The molecule has 1 aromatic heterocycles. The number of aryl methyl sites for hydroxylation is 1. The van der Waals surface area contributed by atoms with Crippen molar-refractivity contribution in [1.82, 2.24) is 9.97 Å². The number of aromatic nitrogens is 2. The van der Waals surface area contributed by atoms with Crippen LogP contribution in [0, 0.1) is 6.92 Å². The van der Waals surface area contributed by atoms with Crippen LogP contribution < -0.4 is 14.8 Å². The first-order valence-electron chi connectivity index (χ1n) is 7.17. The highest BCUT2D eigenvalue weighted by Gasteiger charge is 2.00. The minimum absolute atomic E-state index is 0.548. The molecule has 0 saturated heterocycles. The maximum Gasteiger partial charge on any atom is 0.226 e. The second-order valence-electron chi connectivity index (χ2n) is 4.66. The van der Waals surface area contributed by atoms with Crippen molar-refractivity contribution in [2.75, 3.05) is 25.1 Å². The summed E-state index contributed by atoms with van der Waals surface area (Å²) in [6.07, 6.45) is 2.64. The zero-order valence-electron chi connectivity index (χ0n) is 12.5. The molecule has 0 atom stereocenters. The Bertz CT molecular complexity index is 561. The average molecular weight is 287 g/mol. The third-order valence-electron chi connectivity index (χ3n) is 2.73. The Morgan fingerprint density at radius 1 is 1.14 bits per heavy atom. The summed E-state index contributed by atoms with van der Waals surface area (Å²) in [5.41, 5.74) is 1.18. The summed E-state index contributed by atoms with van der Waals surface area (Å²) in [6, 6.07) is 9.74. The van der Waals surface area contributed by atoms with Crippen molar-refractivity contribution in [2.45, 2.75) is 20.3 Å². The van der Waals surface area contributed by atoms with Crippen molar-refractivity contribution < 1.29 is 9.47 Å². The van der Waals surface area contributed by atoms with Crippen LogP contribution in [0.2, 0.25) is 0 Å². The molecule has 0 aliphatic carbocycles. The Hall–Kier alpha value is -2.30. The van der Waals surface area contributed by atoms with E-state index in [0.29, 0.717) is 31.6 Å². The van der Waals surface area contributed by atoms with Crippen LogP contribution in [-0.2, 0) is 0 Å². The smallest absolute Gasteiger partial charge is 0.226 e. The van der Waals surface area contributed by atoms with E-state index in [2.05, 4.69) is 22.2 Å². The molecule has 2 rings (SSSR count). The standard InChI is InChI=1S/C16H21N3O2/c1-3-10-21-15-7-8-17-16(19-15)18-9-11-20-14-6-4-5-13(2)12-14/h4-8,12H,3,9-11H2,1-2H3,(H,17,18,19). The first-order valence-corrected chi connectivity index (χ1v) is 7.17. The van der Waals surface area contributed by atoms with E-state index in [1.165, 1.54) is 5.56 Å². The molecule has 1 N–H and O–H groups in total. The van der Waals surface area contributed by atoms with Gasteiger partial charge in [-0.15, -0.1) is 0 Å². The van der Waals surface area contributed by atoms with Crippen LogP contribution in [0.5, 0.6) is 11.6 Å². The van der Waals surface area contributed by atoms with Gasteiger partial charge in [0.2, 0.25) is 11.8 Å². The van der Waals surface area contributed by atoms with E-state index in [0.717, 1.165) is 12.2 Å². The van der Waals surface area contributed by atoms with Crippen LogP contribution in [0.15, 0.2) is 36.5 Å². The molecule has 0 unspecified atom stereocenters. The van der Waals surface area contributed by atoms with Gasteiger partial charge in [0.25, 0.3) is 0 Å². The Morgan fingerprint density at radius 2 is 2.05 bits per heavy atom. The SMILES string of the molecule is CCCOc1ccnc(NCCOc2cccc(C)c2)n1. The van der Waals surface area contributed by atoms with Gasteiger partial charge in [-0.25, -0.2) is 4.98 Å². The van der Waals surface area contributed by atoms with E-state index in [-0.39, 0.29) is 0 Å². The topological polar surface area (TPSA) is 56.3 Å². The number of anilines is 1. The van der Waals surface area contributed by atoms with Crippen molar-refractivity contribution >= 4 is 5.95 Å². The Balaban J connectivity index is 1.75. The molecule has 0 aliphatic rings. The Morgan fingerprint density at radius 3 is 2.86 bits per heavy atom. The van der Waals surface area contributed by atoms with E-state index in [1.54, 1.807) is 12.3 Å². The first-order chi connectivity index (χ1) is 10.3. The number of hydrogen-bond donors (Lipinski definition) is 1. The van der Waals surface area contributed by atoms with Gasteiger partial charge in [-0.1, -0.05) is 19.1 Å². The molecule has 0 fully saturated rings. The molecule has 0 aliphatic heterocycles. The number of hydrogen-bond acceptors (Lipinski definition) is 5. The van der Waals surface area contributed by atoms with Crippen LogP contribution in [0.3, 0.4) is 0 Å². The van der Waals surface area contributed by atoms with Gasteiger partial charge in [-0.3, -0.25) is 0 Å². The summed E-state index contributed by atoms with van der Waals surface area (Å²) >= 11 is 0. The third-order valence-corrected chi connectivity index (χ3v) is 2.73. The van der Waals surface area contributed by atoms with Gasteiger partial charge in [0.1, 0.15) is 12.4 Å². The van der Waals surface area contributed by atoms with Crippen molar-refractivity contribution in [3.05, 3.63) is 42.1 Å². The number of benzene rings is 1. The Kier molecular flexibility index (Phi) is 5.82. The molecule has 0 amide bonds. The highest BCUT2D eigenvalue weighted by Crippen LogP contribution is 2.12. The fourth-order valence-electron chi connectivity index (χ4n) is 1.75. The monoisotopic (exact) mass is 287 g/mol. The predicted octanol–water partition coefficient (Wildman–Crippen LogP) is 3.06. The molecule has 21 heavy (non-hydrogen) atoms. The van der Waals surface area contributed by atoms with Crippen LogP contribution >= 0.6 is 0 Å². The molecule has 5 heteroatoms. The molecular formula is C16H21N3O2. The van der Waals surface area contributed by atoms with Crippen LogP contribution in [-0.4, -0.2) is 29.7 Å². The van der Waals surface area contributed by atoms with E-state index in [4.69, 9.17) is 9.47 Å². The molecular weight excluding hydrogens is 266 g/mol. The van der Waals surface area contributed by atoms with Gasteiger partial charge < -0.3 is 14.8 Å². The maximum atomic E-state index is 5.65. The van der Waals surface area contributed by atoms with Gasteiger partial charge in [-0.2, -0.15) is 4.98 Å². The summed E-state index contributed by atoms with van der Waals surface area (Å²) in [7, 11) is 0. The second kappa shape index (κ2) is 8.09. The summed E-state index contributed by atoms with van der Waals surface area (Å²) in [5, 5.41) is 3.12. The largest absolute Gasteiger partial charge is 0.492 e. The maximum absolute atomic E-state index is 5.65. The fraction of sp³-hybridized carbons (Fsp3) is 0.375. The quantitative estimate of drug-likeness (QED) is 0.756. The summed E-state index contributed by atoms with van der Waals surface area (Å²) in [4.78, 5) is 8.42. The fourth-order valence-corrected chi connectivity index (χ4v) is 1.75. The van der Waals surface area contributed by atoms with Crippen LogP contribution in [0.25, 0.3) is 0 Å². The number of nitrogens with one attached hydrogen (secondary N) is 1. The van der Waals surface area contributed by atoms with Crippen LogP contribution in [0.1, 0.15) is 18.9 Å². The molecule has 0 bridgehead atoms. The van der Waals surface area contributed by atoms with E-state index in [1.807, 2.05) is 31.2 Å². The van der Waals surface area contributed by atoms with Crippen molar-refractivity contribution in [2.24, 2.45) is 0 Å². The molecule has 0 spiro atoms. The average Bonchev–Trinajstić information content (AvgIpc) is 2.50. The highest BCUT2D eigenvalue weighted by atomic mass is 16.5. The van der Waals surface area contributed by atoms with Crippen molar-refractivity contribution in [1.29, 1.82) is 0 Å². The van der Waals surface area contributed by atoms with Gasteiger partial charge in [0.05, 0.1) is 13.2 Å². The Labute approximate surface area is 125 Å². The molecule has 112 valence electrons. The second-order valence-corrected chi connectivity index (χ2v) is 4.66. The van der Waals surface area contributed by atoms with Gasteiger partial charge in [0.15, 0.2) is 0 Å². The molecule has 0 saturated carbocycles. The van der Waals surface area contributed by atoms with Crippen molar-refractivity contribution in [3.63, 3.8) is 0 Å². The lowest BCUT2D eigenvalue weighted by Gasteiger charge is -2.09. The minimum Gasteiger partial charge on any atom is -0.492 e. The first kappa shape index (κ1) is 15.1. The zero-order chi connectivity index (χ0) is 14.9. The minimum atomic E-state index is 0.548. The lowest BCUT2D eigenvalue weighted by molar-refractivity contribution is 0.305. The highest BCUT2D eigenvalue weighted by molar-refractivity contribution is 5.28. The van der Waals surface area contributed by atoms with Crippen LogP contribution in [0.4, 0.5) is 5.95 Å². The van der Waals surface area contributed by atoms with Gasteiger partial charge >= 0.3 is 0 Å². The lowest BCUT2D eigenvalue weighted by atomic mass is 10.2. The van der Waals surface area contributed by atoms with Gasteiger partial charge in [0, 0.05) is 12.3 Å². The number of rotatable bonds is 8. The number of nitrogens with zero attached hydrogens (tertiary/aromatic N) is 2. The summed E-state index contributed by atoms with van der Waals surface area (Å²) in [6.45, 7) is 5.94. The molecule has 0 radical (unpaired) electrons. The molecule has 5 nitrogen and oxygen atoms in total. The number of ether oxygens (including phenoxy) is 2. The van der Waals surface area contributed by atoms with Crippen molar-refractivity contribution in [3.8, 4) is 11.6 Å². The van der Waals surface area contributed by atoms with E-state index < -0.39 is 0 Å². The summed E-state index contributed by atoms with van der Waals surface area (Å²) < 4.78 is 11.1. The van der Waals surface area contributed by atoms with E-state index in [9.17, 15) is 0 Å². The normalized spacial score (nSPS) is 10.2. The zero-order valence-corrected chi connectivity index (χ0v) is 12.5. The van der Waals surface area contributed by atoms with E-state index >= 15 is 0 Å². The third kappa shape index (κ3) is 5.30. The summed E-state index contributed by atoms with van der Waals surface area (Å²) in [5.74, 6) is 2.02. The van der Waals surface area contributed by atoms with Gasteiger partial charge in [-0.05, 0) is 31.0 Å². The predicted molar refractivity (Wildman–Crippen MR) is 83.0 cm³/mol.